The van der Waals surface area contributed by atoms with Gasteiger partial charge in [0, 0.05) is 0 Å². The second kappa shape index (κ2) is 111. The molecule has 0 amide bonds. The van der Waals surface area contributed by atoms with Crippen LogP contribution >= 0.6 is 0 Å². The number of hydrogen-bond acceptors (Lipinski definition) is 0. The van der Waals surface area contributed by atoms with Crippen molar-refractivity contribution in [3.05, 3.63) is 37.0 Å². The van der Waals surface area contributed by atoms with Crippen molar-refractivity contribution in [2.75, 3.05) is 0 Å². The Morgan fingerprint density at radius 1 is 0.600 bits per heavy atom. The third-order valence-electron chi connectivity index (χ3n) is 0.496. The minimum absolute atomic E-state index is 1.75. The third-order valence-corrected chi connectivity index (χ3v) is 0.496. The Bertz CT molecular complexity index is 76.2. The average Bonchev–Trinajstić information content (AvgIpc) is 2.35. The van der Waals surface area contributed by atoms with Gasteiger partial charge in [-0.25, -0.2) is 0 Å². The lowest BCUT2D eigenvalue weighted by atomic mass is 10.5. The summed E-state index contributed by atoms with van der Waals surface area (Å²) >= 11 is 0. The van der Waals surface area contributed by atoms with E-state index in [2.05, 4.69) is 6.58 Å². The summed E-state index contributed by atoms with van der Waals surface area (Å²) < 4.78 is 0. The summed E-state index contributed by atoms with van der Waals surface area (Å²) in [7, 11) is 0. The normalized spacial score (nSPS) is 6.73. The topological polar surface area (TPSA) is 0 Å². The van der Waals surface area contributed by atoms with Gasteiger partial charge in [-0.15, -0.1) is 6.58 Å². The van der Waals surface area contributed by atoms with E-state index < -0.39 is 0 Å². The van der Waals surface area contributed by atoms with E-state index in [9.17, 15) is 0 Å². The quantitative estimate of drug-likeness (QED) is 0.349. The van der Waals surface area contributed by atoms with E-state index in [4.69, 9.17) is 0 Å². The first kappa shape index (κ1) is 29.2. The summed E-state index contributed by atoms with van der Waals surface area (Å²) in [4.78, 5) is 0. The smallest absolute Gasteiger partial charge is 0.0467 e. The van der Waals surface area contributed by atoms with Crippen molar-refractivity contribution < 1.29 is 0 Å². The van der Waals surface area contributed by atoms with Crippen LogP contribution in [0.4, 0.5) is 0 Å². The van der Waals surface area contributed by atoms with Gasteiger partial charge >= 0.3 is 0 Å². The minimum Gasteiger partial charge on any atom is -0.103 e. The average molecular weight is 214 g/mol. The molecule has 0 aromatic heterocycles. The molecule has 0 nitrogen and oxygen atoms in total. The van der Waals surface area contributed by atoms with Crippen molar-refractivity contribution in [2.24, 2.45) is 0 Å². The van der Waals surface area contributed by atoms with E-state index in [1.807, 2.05) is 86.6 Å². The predicted octanol–water partition coefficient (Wildman–Crippen LogP) is 6.41. The van der Waals surface area contributed by atoms with Gasteiger partial charge in [-0.05, 0) is 20.8 Å². The lowest BCUT2D eigenvalue weighted by Gasteiger charge is -1.62. The van der Waals surface area contributed by atoms with Crippen LogP contribution in [-0.2, 0) is 0 Å². The van der Waals surface area contributed by atoms with Gasteiger partial charge in [0.2, 0.25) is 0 Å². The monoisotopic (exact) mass is 214 g/mol. The van der Waals surface area contributed by atoms with Crippen molar-refractivity contribution in [2.45, 2.75) is 62.3 Å². The molecule has 0 aromatic rings. The van der Waals surface area contributed by atoms with Crippen LogP contribution in [0.25, 0.3) is 0 Å². The van der Waals surface area contributed by atoms with Gasteiger partial charge in [-0.2, -0.15) is 0 Å². The molecule has 0 fully saturated rings. The highest BCUT2D eigenvalue weighted by Gasteiger charge is 1.48. The summed E-state index contributed by atoms with van der Waals surface area (Å²) in [5.74, 6) is 0. The summed E-state index contributed by atoms with van der Waals surface area (Å²) in [6.07, 6.45) is 9.75. The molecule has 0 bridgehead atoms. The maximum atomic E-state index is 3.36. The van der Waals surface area contributed by atoms with Crippen LogP contribution in [0.1, 0.15) is 62.3 Å². The molecule has 94 valence electrons. The maximum absolute atomic E-state index is 3.36. The number of hydrogen-bond donors (Lipinski definition) is 0. The number of rotatable bonds is 1. The van der Waals surface area contributed by atoms with Gasteiger partial charge in [0.05, 0.1) is 0 Å². The molecule has 0 N–H and O–H groups in total. The molecule has 0 heterocycles. The Morgan fingerprint density at radius 2 is 0.733 bits per heavy atom. The van der Waals surface area contributed by atoms with E-state index in [-0.39, 0.29) is 0 Å². The molecule has 0 saturated carbocycles. The zero-order valence-corrected chi connectivity index (χ0v) is 12.6. The lowest BCUT2D eigenvalue weighted by Crippen LogP contribution is -1.40. The summed E-state index contributed by atoms with van der Waals surface area (Å²) in [6, 6.07) is 0. The second-order valence-corrected chi connectivity index (χ2v) is 1.46. The fourth-order valence-electron chi connectivity index (χ4n) is 0.222. The SMILES string of the molecule is C/C=C\C=C/C.C=CC.CC.CC.CC. The molecule has 0 aromatic carbocycles. The highest BCUT2D eigenvalue weighted by molar-refractivity contribution is 4.98. The fraction of sp³-hybridized carbons (Fsp3) is 0.600. The molecule has 0 saturated heterocycles. The highest BCUT2D eigenvalue weighted by Crippen LogP contribution is 1.71. The highest BCUT2D eigenvalue weighted by atomic mass is 13.6. The Kier molecular flexibility index (Phi) is 216. The first-order valence-electron chi connectivity index (χ1n) is 6.14. The van der Waals surface area contributed by atoms with Crippen LogP contribution in [0.3, 0.4) is 0 Å². The molecule has 0 spiro atoms. The largest absolute Gasteiger partial charge is 0.103 e. The molecule has 0 rings (SSSR count). The van der Waals surface area contributed by atoms with Gasteiger partial charge < -0.3 is 0 Å². The zero-order valence-electron chi connectivity index (χ0n) is 12.6. The van der Waals surface area contributed by atoms with Crippen LogP contribution in [-0.4, -0.2) is 0 Å². The van der Waals surface area contributed by atoms with Gasteiger partial charge in [0.25, 0.3) is 0 Å². The summed E-state index contributed by atoms with van der Waals surface area (Å²) in [5, 5.41) is 0. The first-order valence-corrected chi connectivity index (χ1v) is 6.14. The summed E-state index contributed by atoms with van der Waals surface area (Å²) in [6.45, 7) is 21.2. The predicted molar refractivity (Wildman–Crippen MR) is 79.5 cm³/mol. The van der Waals surface area contributed by atoms with Gasteiger partial charge in [-0.3, -0.25) is 0 Å². The standard InChI is InChI=1S/C6H10.C3H6.3C2H6/c1-3-5-6-4-2;1-3-2;3*1-2/h3-6H,1-2H3;3H,1H2,2H3;3*1-2H3/b5-3-,6-4-;;;;. The van der Waals surface area contributed by atoms with Crippen molar-refractivity contribution in [1.29, 1.82) is 0 Å². The van der Waals surface area contributed by atoms with Crippen LogP contribution in [0.2, 0.25) is 0 Å². The Morgan fingerprint density at radius 3 is 0.800 bits per heavy atom. The van der Waals surface area contributed by atoms with Gasteiger partial charge in [-0.1, -0.05) is 71.9 Å². The van der Waals surface area contributed by atoms with Crippen molar-refractivity contribution in [3.63, 3.8) is 0 Å². The molecule has 0 radical (unpaired) electrons. The molecular weight excluding hydrogens is 180 g/mol. The lowest BCUT2D eigenvalue weighted by molar-refractivity contribution is 1.50. The zero-order chi connectivity index (χ0) is 13.5. The van der Waals surface area contributed by atoms with Crippen molar-refractivity contribution in [1.82, 2.24) is 0 Å². The Balaban J connectivity index is -0.0000000318. The Labute approximate surface area is 99.8 Å². The summed E-state index contributed by atoms with van der Waals surface area (Å²) in [5.41, 5.74) is 0. The van der Waals surface area contributed by atoms with E-state index in [1.165, 1.54) is 0 Å². The van der Waals surface area contributed by atoms with Gasteiger partial charge in [0.15, 0.2) is 0 Å². The van der Waals surface area contributed by atoms with E-state index in [0.717, 1.165) is 0 Å². The van der Waals surface area contributed by atoms with E-state index in [1.54, 1.807) is 6.08 Å². The van der Waals surface area contributed by atoms with Crippen molar-refractivity contribution in [3.8, 4) is 0 Å². The van der Waals surface area contributed by atoms with E-state index >= 15 is 0 Å². The molecule has 0 aliphatic heterocycles. The molecule has 15 heavy (non-hydrogen) atoms. The second-order valence-electron chi connectivity index (χ2n) is 1.46. The minimum atomic E-state index is 1.75. The number of allylic oxidation sites excluding steroid dienone is 5. The fourth-order valence-corrected chi connectivity index (χ4v) is 0.222. The molecule has 0 unspecified atom stereocenters. The molecule has 0 atom stereocenters. The van der Waals surface area contributed by atoms with Crippen LogP contribution in [0, 0.1) is 0 Å². The van der Waals surface area contributed by atoms with Crippen molar-refractivity contribution >= 4 is 0 Å². The maximum Gasteiger partial charge on any atom is -0.0467 e. The van der Waals surface area contributed by atoms with E-state index in [0.29, 0.717) is 0 Å². The van der Waals surface area contributed by atoms with Crippen LogP contribution < -0.4 is 0 Å². The van der Waals surface area contributed by atoms with Crippen LogP contribution in [0.5, 0.6) is 0 Å². The first-order chi connectivity index (χ1) is 7.33. The van der Waals surface area contributed by atoms with Gasteiger partial charge in [0.1, 0.15) is 0 Å². The third kappa shape index (κ3) is 338. The Hall–Kier alpha value is -0.780. The molecule has 0 heteroatoms. The molecule has 0 aliphatic rings. The van der Waals surface area contributed by atoms with Crippen LogP contribution in [0.15, 0.2) is 37.0 Å². The molecular formula is C15H34. The molecule has 0 aliphatic carbocycles.